The average Bonchev–Trinajstić information content (AvgIpc) is 3.73. The molecular formula is C26H32F2N2O4S3. The van der Waals surface area contributed by atoms with Crippen LogP contribution < -0.4 is 4.74 Å². The Kier molecular flexibility index (Phi) is 7.85. The number of ether oxygens (including phenoxy) is 1. The number of halogens is 2. The largest absolute Gasteiger partial charge is 0.415 e. The van der Waals surface area contributed by atoms with E-state index in [0.717, 1.165) is 58.7 Å². The van der Waals surface area contributed by atoms with Gasteiger partial charge in [-0.05, 0) is 67.2 Å². The number of alkyl halides is 2. The van der Waals surface area contributed by atoms with Crippen molar-refractivity contribution in [3.05, 3.63) is 27.1 Å². The van der Waals surface area contributed by atoms with Gasteiger partial charge in [0.2, 0.25) is 5.88 Å². The molecule has 6 nitrogen and oxygen atoms in total. The minimum absolute atomic E-state index is 0.102. The predicted molar refractivity (Wildman–Crippen MR) is 141 cm³/mol. The quantitative estimate of drug-likeness (QED) is 0.305. The van der Waals surface area contributed by atoms with E-state index in [0.29, 0.717) is 42.2 Å². The molecule has 2 fully saturated rings. The second-order valence-electron chi connectivity index (χ2n) is 10.7. The molecule has 2 heterocycles. The SMILES string of the molecule is Cn1nc(OC(F)F)cc1CC(=S)CC1CCc2sc(CC(=O)C3CC3)c(S(=O)(=O)CCC3CC3)c2C1. The van der Waals surface area contributed by atoms with Crippen LogP contribution in [0.5, 0.6) is 5.88 Å². The summed E-state index contributed by atoms with van der Waals surface area (Å²) in [5.41, 5.74) is 1.60. The minimum Gasteiger partial charge on any atom is -0.415 e. The summed E-state index contributed by atoms with van der Waals surface area (Å²) >= 11 is 7.19. The van der Waals surface area contributed by atoms with E-state index < -0.39 is 16.4 Å². The van der Waals surface area contributed by atoms with Crippen LogP contribution in [0, 0.1) is 17.8 Å². The zero-order valence-electron chi connectivity index (χ0n) is 20.9. The van der Waals surface area contributed by atoms with E-state index in [4.69, 9.17) is 12.2 Å². The lowest BCUT2D eigenvalue weighted by molar-refractivity contribution is -0.119. The van der Waals surface area contributed by atoms with Gasteiger partial charge in [0.15, 0.2) is 9.84 Å². The molecule has 5 rings (SSSR count). The van der Waals surface area contributed by atoms with Crippen molar-refractivity contribution in [2.75, 3.05) is 5.75 Å². The van der Waals surface area contributed by atoms with Crippen molar-refractivity contribution in [1.29, 1.82) is 0 Å². The fourth-order valence-corrected chi connectivity index (χ4v) is 9.32. The van der Waals surface area contributed by atoms with Crippen molar-refractivity contribution >= 4 is 44.0 Å². The second-order valence-corrected chi connectivity index (χ2v) is 14.5. The molecule has 0 spiro atoms. The number of thiophene rings is 1. The van der Waals surface area contributed by atoms with Gasteiger partial charge in [-0.1, -0.05) is 25.1 Å². The summed E-state index contributed by atoms with van der Waals surface area (Å²) in [4.78, 5) is 15.7. The van der Waals surface area contributed by atoms with Gasteiger partial charge in [0.1, 0.15) is 5.78 Å². The van der Waals surface area contributed by atoms with Crippen molar-refractivity contribution in [2.45, 2.75) is 82.1 Å². The number of hydrogen-bond donors (Lipinski definition) is 0. The van der Waals surface area contributed by atoms with Crippen molar-refractivity contribution in [3.63, 3.8) is 0 Å². The average molecular weight is 571 g/mol. The third-order valence-electron chi connectivity index (χ3n) is 7.61. The number of aromatic nitrogens is 2. The van der Waals surface area contributed by atoms with Crippen molar-refractivity contribution in [1.82, 2.24) is 9.78 Å². The van der Waals surface area contributed by atoms with Crippen LogP contribution in [0.2, 0.25) is 0 Å². The molecule has 2 saturated carbocycles. The Bertz CT molecular complexity index is 1290. The first-order chi connectivity index (χ1) is 17.6. The Morgan fingerprint density at radius 3 is 2.65 bits per heavy atom. The molecule has 0 radical (unpaired) electrons. The maximum atomic E-state index is 13.6. The molecule has 0 N–H and O–H groups in total. The van der Waals surface area contributed by atoms with E-state index in [1.807, 2.05) is 0 Å². The molecule has 11 heteroatoms. The Balaban J connectivity index is 1.31. The summed E-state index contributed by atoms with van der Waals surface area (Å²) in [6, 6.07) is 1.48. The van der Waals surface area contributed by atoms with Crippen LogP contribution in [0.1, 0.15) is 66.0 Å². The molecule has 0 saturated heterocycles. The highest BCUT2D eigenvalue weighted by atomic mass is 32.2. The molecule has 0 amide bonds. The van der Waals surface area contributed by atoms with E-state index in [1.165, 1.54) is 22.1 Å². The fraction of sp³-hybridized carbons (Fsp3) is 0.654. The predicted octanol–water partition coefficient (Wildman–Crippen LogP) is 5.29. The Hall–Kier alpha value is -1.72. The number of fused-ring (bicyclic) bond motifs is 1. The molecule has 0 bridgehead atoms. The third kappa shape index (κ3) is 6.65. The third-order valence-corrected chi connectivity index (χ3v) is 11.2. The number of rotatable bonds is 13. The lowest BCUT2D eigenvalue weighted by Crippen LogP contribution is -2.20. The highest BCUT2D eigenvalue weighted by Crippen LogP contribution is 2.43. The summed E-state index contributed by atoms with van der Waals surface area (Å²) in [7, 11) is -1.81. The van der Waals surface area contributed by atoms with E-state index >= 15 is 0 Å². The van der Waals surface area contributed by atoms with Crippen LogP contribution in [0.4, 0.5) is 8.78 Å². The molecule has 3 aliphatic rings. The molecule has 202 valence electrons. The first kappa shape index (κ1) is 26.9. The van der Waals surface area contributed by atoms with Crippen molar-refractivity contribution < 1.29 is 26.7 Å². The first-order valence-corrected chi connectivity index (χ1v) is 15.8. The van der Waals surface area contributed by atoms with Crippen LogP contribution in [-0.2, 0) is 47.4 Å². The second kappa shape index (κ2) is 10.8. The van der Waals surface area contributed by atoms with E-state index in [-0.39, 0.29) is 35.7 Å². The topological polar surface area (TPSA) is 78.3 Å². The minimum atomic E-state index is -3.47. The number of carbonyl (C=O) groups is 1. The lowest BCUT2D eigenvalue weighted by Gasteiger charge is -2.23. The standard InChI is InChI=1S/C26H32F2N2O4S3/c1-30-18(13-24(29-30)34-26(27)28)12-19(35)10-16-4-7-22-20(11-16)25(37(32,33)9-8-15-2-3-15)23(36-22)14-21(31)17-5-6-17/h13,15-17,26H,2-12,14H2,1H3. The van der Waals surface area contributed by atoms with Gasteiger partial charge < -0.3 is 4.74 Å². The number of aryl methyl sites for hydroxylation is 2. The molecule has 1 unspecified atom stereocenters. The van der Waals surface area contributed by atoms with Crippen LogP contribution >= 0.6 is 23.6 Å². The van der Waals surface area contributed by atoms with Crippen LogP contribution in [0.15, 0.2) is 11.0 Å². The van der Waals surface area contributed by atoms with Gasteiger partial charge in [0.25, 0.3) is 0 Å². The molecule has 37 heavy (non-hydrogen) atoms. The molecule has 1 atom stereocenters. The van der Waals surface area contributed by atoms with Gasteiger partial charge in [0.05, 0.1) is 10.6 Å². The molecule has 0 aliphatic heterocycles. The highest BCUT2D eigenvalue weighted by Gasteiger charge is 2.36. The van der Waals surface area contributed by atoms with Crippen molar-refractivity contribution in [3.8, 4) is 5.88 Å². The first-order valence-electron chi connectivity index (χ1n) is 13.0. The number of carbonyl (C=O) groups excluding carboxylic acids is 1. The molecule has 2 aromatic heterocycles. The van der Waals surface area contributed by atoms with Crippen molar-refractivity contribution in [2.24, 2.45) is 24.8 Å². The lowest BCUT2D eigenvalue weighted by atomic mass is 9.84. The maximum absolute atomic E-state index is 13.6. The molecule has 2 aromatic rings. The van der Waals surface area contributed by atoms with Gasteiger partial charge in [-0.2, -0.15) is 8.78 Å². The number of sulfone groups is 1. The van der Waals surface area contributed by atoms with Gasteiger partial charge in [-0.3, -0.25) is 9.48 Å². The normalized spacial score (nSPS) is 19.7. The molecular weight excluding hydrogens is 538 g/mol. The number of nitrogens with zero attached hydrogens (tertiary/aromatic N) is 2. The van der Waals surface area contributed by atoms with E-state index in [9.17, 15) is 22.0 Å². The zero-order valence-corrected chi connectivity index (χ0v) is 23.3. The maximum Gasteiger partial charge on any atom is 0.388 e. The van der Waals surface area contributed by atoms with Gasteiger partial charge in [-0.15, -0.1) is 16.4 Å². The Labute approximate surface area is 225 Å². The summed E-state index contributed by atoms with van der Waals surface area (Å²) < 4.78 is 58.1. The monoisotopic (exact) mass is 570 g/mol. The smallest absolute Gasteiger partial charge is 0.388 e. The van der Waals surface area contributed by atoms with E-state index in [2.05, 4.69) is 9.84 Å². The summed E-state index contributed by atoms with van der Waals surface area (Å²) in [5, 5.41) is 3.96. The summed E-state index contributed by atoms with van der Waals surface area (Å²) in [6.07, 6.45) is 8.33. The fourth-order valence-electron chi connectivity index (χ4n) is 5.26. The number of hydrogen-bond acceptors (Lipinski definition) is 7. The number of thiocarbonyl (C=S) groups is 1. The van der Waals surface area contributed by atoms with E-state index in [1.54, 1.807) is 7.05 Å². The summed E-state index contributed by atoms with van der Waals surface area (Å²) in [6.45, 7) is -2.93. The number of Topliss-reactive ketones (excluding diaryl/α,β-unsaturated/α-hetero) is 1. The van der Waals surface area contributed by atoms with Gasteiger partial charge in [-0.25, -0.2) is 8.42 Å². The van der Waals surface area contributed by atoms with Gasteiger partial charge >= 0.3 is 6.61 Å². The van der Waals surface area contributed by atoms with Crippen LogP contribution in [0.3, 0.4) is 0 Å². The van der Waals surface area contributed by atoms with Crippen LogP contribution in [-0.4, -0.2) is 41.2 Å². The highest BCUT2D eigenvalue weighted by molar-refractivity contribution is 7.91. The molecule has 0 aromatic carbocycles. The van der Waals surface area contributed by atoms with Crippen LogP contribution in [0.25, 0.3) is 0 Å². The zero-order chi connectivity index (χ0) is 26.3. The molecule has 3 aliphatic carbocycles. The number of ketones is 1. The van der Waals surface area contributed by atoms with Gasteiger partial charge in [0, 0.05) is 47.3 Å². The summed E-state index contributed by atoms with van der Waals surface area (Å²) in [5.74, 6) is 1.00. The Morgan fingerprint density at radius 2 is 1.97 bits per heavy atom. The Morgan fingerprint density at radius 1 is 1.22 bits per heavy atom.